The number of fused-ring (bicyclic) bond motifs is 1. The summed E-state index contributed by atoms with van der Waals surface area (Å²) in [5, 5.41) is 4.86. The summed E-state index contributed by atoms with van der Waals surface area (Å²) < 4.78 is 4.16. The molecule has 0 saturated heterocycles. The quantitative estimate of drug-likeness (QED) is 0.565. The second kappa shape index (κ2) is 5.76. The van der Waals surface area contributed by atoms with Crippen molar-refractivity contribution in [1.29, 1.82) is 0 Å². The van der Waals surface area contributed by atoms with Crippen LogP contribution in [0.2, 0.25) is 0 Å². The van der Waals surface area contributed by atoms with E-state index in [1.54, 1.807) is 0 Å². The van der Waals surface area contributed by atoms with E-state index >= 15 is 0 Å². The fourth-order valence-electron chi connectivity index (χ4n) is 3.42. The van der Waals surface area contributed by atoms with Crippen molar-refractivity contribution in [2.75, 3.05) is 0 Å². The van der Waals surface area contributed by atoms with E-state index < -0.39 is 0 Å². The molecule has 0 bridgehead atoms. The minimum absolute atomic E-state index is 0.0231. The number of para-hydroxylation sites is 2. The number of hydrogen-bond donors (Lipinski definition) is 0. The van der Waals surface area contributed by atoms with Crippen molar-refractivity contribution in [2.24, 2.45) is 0 Å². The highest BCUT2D eigenvalue weighted by molar-refractivity contribution is 5.75. The first-order valence-electron chi connectivity index (χ1n) is 9.02. The van der Waals surface area contributed by atoms with Crippen LogP contribution in [0.15, 0.2) is 49.1 Å². The minimum atomic E-state index is 0.0231. The number of imidazole rings is 1. The van der Waals surface area contributed by atoms with Crippen molar-refractivity contribution < 1.29 is 0 Å². The lowest BCUT2D eigenvalue weighted by Crippen LogP contribution is -2.13. The average Bonchev–Trinajstić information content (AvgIpc) is 3.28. The molecule has 6 nitrogen and oxygen atoms in total. The first kappa shape index (κ1) is 15.3. The highest BCUT2D eigenvalue weighted by atomic mass is 15.4. The van der Waals surface area contributed by atoms with Gasteiger partial charge in [0, 0.05) is 18.3 Å². The summed E-state index contributed by atoms with van der Waals surface area (Å²) in [5.41, 5.74) is 4.22. The fourth-order valence-corrected chi connectivity index (χ4v) is 3.42. The molecule has 6 heteroatoms. The van der Waals surface area contributed by atoms with Crippen molar-refractivity contribution >= 4 is 11.0 Å². The Labute approximate surface area is 151 Å². The molecule has 1 aromatic carbocycles. The summed E-state index contributed by atoms with van der Waals surface area (Å²) in [6.07, 6.45) is 7.93. The monoisotopic (exact) mass is 344 g/mol. The number of benzene rings is 1. The van der Waals surface area contributed by atoms with Crippen LogP contribution < -0.4 is 0 Å². The third kappa shape index (κ3) is 2.41. The van der Waals surface area contributed by atoms with Crippen molar-refractivity contribution in [1.82, 2.24) is 29.3 Å². The van der Waals surface area contributed by atoms with E-state index in [0.717, 1.165) is 33.9 Å². The normalized spacial score (nSPS) is 15.5. The van der Waals surface area contributed by atoms with E-state index in [0.29, 0.717) is 5.92 Å². The molecule has 0 amide bonds. The molecular formula is C20H20N6. The maximum absolute atomic E-state index is 4.94. The van der Waals surface area contributed by atoms with Crippen molar-refractivity contribution in [3.05, 3.63) is 66.3 Å². The molecule has 0 radical (unpaired) electrons. The van der Waals surface area contributed by atoms with Gasteiger partial charge in [0.05, 0.1) is 29.1 Å². The van der Waals surface area contributed by atoms with Gasteiger partial charge in [-0.05, 0) is 50.5 Å². The highest BCUT2D eigenvalue weighted by Crippen LogP contribution is 2.39. The number of hydrogen-bond acceptors (Lipinski definition) is 4. The van der Waals surface area contributed by atoms with Crippen molar-refractivity contribution in [3.63, 3.8) is 0 Å². The van der Waals surface area contributed by atoms with Gasteiger partial charge in [-0.2, -0.15) is 5.10 Å². The van der Waals surface area contributed by atoms with Crippen molar-refractivity contribution in [3.8, 4) is 5.69 Å². The van der Waals surface area contributed by atoms with Gasteiger partial charge in [0.25, 0.3) is 0 Å². The molecule has 26 heavy (non-hydrogen) atoms. The number of rotatable bonds is 4. The minimum Gasteiger partial charge on any atom is -0.320 e. The third-order valence-corrected chi connectivity index (χ3v) is 5.08. The maximum Gasteiger partial charge on any atom is 0.155 e. The standard InChI is InChI=1S/C20H20N6/c1-13-11-21-10-9-17(13)26-20(23-19(24-26)15-7-8-15)14(2)25-12-22-16-5-3-4-6-18(16)25/h3-6,9-12,14-15H,7-8H2,1-2H3/t14-/m1/s1. The smallest absolute Gasteiger partial charge is 0.155 e. The van der Waals surface area contributed by atoms with Crippen LogP contribution in [0.25, 0.3) is 16.7 Å². The molecule has 1 atom stereocenters. The zero-order valence-corrected chi connectivity index (χ0v) is 14.9. The Bertz CT molecular complexity index is 1090. The summed E-state index contributed by atoms with van der Waals surface area (Å²) in [6, 6.07) is 10.2. The van der Waals surface area contributed by atoms with Gasteiger partial charge in [-0.1, -0.05) is 12.1 Å². The Morgan fingerprint density at radius 3 is 2.81 bits per heavy atom. The van der Waals surface area contributed by atoms with E-state index in [2.05, 4.69) is 34.4 Å². The van der Waals surface area contributed by atoms with Crippen LogP contribution in [-0.2, 0) is 0 Å². The van der Waals surface area contributed by atoms with E-state index in [-0.39, 0.29) is 6.04 Å². The summed E-state index contributed by atoms with van der Waals surface area (Å²) in [7, 11) is 0. The molecule has 0 aliphatic heterocycles. The average molecular weight is 344 g/mol. The molecule has 1 fully saturated rings. The molecule has 4 aromatic rings. The van der Waals surface area contributed by atoms with E-state index in [4.69, 9.17) is 10.1 Å². The topological polar surface area (TPSA) is 61.4 Å². The van der Waals surface area contributed by atoms with Crippen LogP contribution in [0.3, 0.4) is 0 Å². The third-order valence-electron chi connectivity index (χ3n) is 5.08. The van der Waals surface area contributed by atoms with Gasteiger partial charge in [0.2, 0.25) is 0 Å². The fraction of sp³-hybridized carbons (Fsp3) is 0.300. The largest absolute Gasteiger partial charge is 0.320 e. The molecular weight excluding hydrogens is 324 g/mol. The van der Waals surface area contributed by atoms with Gasteiger partial charge in [-0.15, -0.1) is 0 Å². The van der Waals surface area contributed by atoms with Crippen molar-refractivity contribution in [2.45, 2.75) is 38.6 Å². The molecule has 0 unspecified atom stereocenters. The van der Waals surface area contributed by atoms with Gasteiger partial charge >= 0.3 is 0 Å². The van der Waals surface area contributed by atoms with Gasteiger partial charge in [0.1, 0.15) is 0 Å². The Morgan fingerprint density at radius 1 is 1.15 bits per heavy atom. The Balaban J connectivity index is 1.67. The Kier molecular flexibility index (Phi) is 3.38. The zero-order chi connectivity index (χ0) is 17.7. The Morgan fingerprint density at radius 2 is 2.00 bits per heavy atom. The van der Waals surface area contributed by atoms with E-state index in [1.807, 2.05) is 47.7 Å². The van der Waals surface area contributed by atoms with Crippen LogP contribution in [0.1, 0.15) is 48.9 Å². The first-order valence-corrected chi connectivity index (χ1v) is 9.02. The van der Waals surface area contributed by atoms with Gasteiger partial charge in [-0.25, -0.2) is 14.6 Å². The van der Waals surface area contributed by atoms with Crippen LogP contribution in [0.5, 0.6) is 0 Å². The molecule has 1 saturated carbocycles. The lowest BCUT2D eigenvalue weighted by molar-refractivity contribution is 0.592. The molecule has 5 rings (SSSR count). The lowest BCUT2D eigenvalue weighted by Gasteiger charge is -2.16. The zero-order valence-electron chi connectivity index (χ0n) is 14.9. The predicted octanol–water partition coefficient (Wildman–Crippen LogP) is 3.81. The van der Waals surface area contributed by atoms with E-state index in [9.17, 15) is 0 Å². The molecule has 0 N–H and O–H groups in total. The second-order valence-electron chi connectivity index (χ2n) is 6.99. The lowest BCUT2D eigenvalue weighted by atomic mass is 10.2. The first-order chi connectivity index (χ1) is 12.7. The van der Waals surface area contributed by atoms with Gasteiger partial charge in [-0.3, -0.25) is 4.98 Å². The molecule has 1 aliphatic rings. The highest BCUT2D eigenvalue weighted by Gasteiger charge is 2.31. The number of aryl methyl sites for hydroxylation is 1. The van der Waals surface area contributed by atoms with Crippen LogP contribution in [0.4, 0.5) is 0 Å². The van der Waals surface area contributed by atoms with Crippen LogP contribution >= 0.6 is 0 Å². The molecule has 1 aliphatic carbocycles. The summed E-state index contributed by atoms with van der Waals surface area (Å²) in [5.74, 6) is 2.39. The van der Waals surface area contributed by atoms with Gasteiger partial charge < -0.3 is 4.57 Å². The summed E-state index contributed by atoms with van der Waals surface area (Å²) in [4.78, 5) is 13.7. The molecule has 3 aromatic heterocycles. The van der Waals surface area contributed by atoms with Gasteiger partial charge in [0.15, 0.2) is 11.6 Å². The molecule has 130 valence electrons. The molecule has 0 spiro atoms. The maximum atomic E-state index is 4.94. The van der Waals surface area contributed by atoms with Crippen LogP contribution in [0, 0.1) is 6.92 Å². The van der Waals surface area contributed by atoms with E-state index in [1.165, 1.54) is 12.8 Å². The summed E-state index contributed by atoms with van der Waals surface area (Å²) in [6.45, 7) is 4.21. The Hall–Kier alpha value is -3.02. The number of nitrogens with zero attached hydrogens (tertiary/aromatic N) is 6. The number of aromatic nitrogens is 6. The summed E-state index contributed by atoms with van der Waals surface area (Å²) >= 11 is 0. The molecule has 3 heterocycles. The number of pyridine rings is 1. The van der Waals surface area contributed by atoms with Crippen LogP contribution in [-0.4, -0.2) is 29.3 Å². The SMILES string of the molecule is Cc1cnccc1-n1nc(C2CC2)nc1[C@@H](C)n1cnc2ccccc21. The second-order valence-corrected chi connectivity index (χ2v) is 6.99. The predicted molar refractivity (Wildman–Crippen MR) is 99.4 cm³/mol.